The molecule has 3 rings (SSSR count). The van der Waals surface area contributed by atoms with Gasteiger partial charge in [0.05, 0.1) is 18.4 Å². The predicted molar refractivity (Wildman–Crippen MR) is 102 cm³/mol. The summed E-state index contributed by atoms with van der Waals surface area (Å²) < 4.78 is 23.6. The molecule has 0 aliphatic rings. The Labute approximate surface area is 168 Å². The molecule has 144 valence electrons. The van der Waals surface area contributed by atoms with Crippen LogP contribution in [0.5, 0.6) is 0 Å². The first-order valence-electron chi connectivity index (χ1n) is 7.86. The minimum absolute atomic E-state index is 0.0206. The summed E-state index contributed by atoms with van der Waals surface area (Å²) in [6, 6.07) is 10.5. The summed E-state index contributed by atoms with van der Waals surface area (Å²) in [7, 11) is 1.15. The highest BCUT2D eigenvalue weighted by Crippen LogP contribution is 2.24. The maximum absolute atomic E-state index is 13.6. The van der Waals surface area contributed by atoms with E-state index in [4.69, 9.17) is 16.0 Å². The van der Waals surface area contributed by atoms with Gasteiger partial charge < -0.3 is 14.5 Å². The van der Waals surface area contributed by atoms with E-state index in [2.05, 4.69) is 20.3 Å². The van der Waals surface area contributed by atoms with E-state index in [0.29, 0.717) is 16.5 Å². The average molecular weight is 422 g/mol. The maximum atomic E-state index is 13.6. The molecular formula is C18H13ClFN3O4S. The Kier molecular flexibility index (Phi) is 6.27. The van der Waals surface area contributed by atoms with Crippen LogP contribution in [-0.4, -0.2) is 34.9 Å². The summed E-state index contributed by atoms with van der Waals surface area (Å²) >= 11 is 6.88. The zero-order valence-corrected chi connectivity index (χ0v) is 16.0. The van der Waals surface area contributed by atoms with Gasteiger partial charge in [-0.25, -0.2) is 9.18 Å². The second kappa shape index (κ2) is 8.85. The highest BCUT2D eigenvalue weighted by atomic mass is 35.5. The molecule has 0 fully saturated rings. The van der Waals surface area contributed by atoms with Gasteiger partial charge in [0.15, 0.2) is 0 Å². The number of methoxy groups -OCH3 is 1. The van der Waals surface area contributed by atoms with E-state index in [-0.39, 0.29) is 22.2 Å². The third-order valence-corrected chi connectivity index (χ3v) is 4.55. The van der Waals surface area contributed by atoms with Crippen LogP contribution in [0.3, 0.4) is 0 Å². The summed E-state index contributed by atoms with van der Waals surface area (Å²) in [6.45, 7) is 0. The molecule has 3 aromatic rings. The van der Waals surface area contributed by atoms with Gasteiger partial charge in [-0.1, -0.05) is 23.4 Å². The molecule has 1 heterocycles. The van der Waals surface area contributed by atoms with Gasteiger partial charge in [0.1, 0.15) is 5.82 Å². The largest absolute Gasteiger partial charge is 0.465 e. The molecule has 0 atom stereocenters. The van der Waals surface area contributed by atoms with Crippen LogP contribution in [0.2, 0.25) is 5.02 Å². The molecule has 0 saturated heterocycles. The fourth-order valence-electron chi connectivity index (χ4n) is 2.17. The zero-order valence-electron chi connectivity index (χ0n) is 14.4. The van der Waals surface area contributed by atoms with Gasteiger partial charge >= 0.3 is 5.97 Å². The minimum atomic E-state index is -0.830. The first kappa shape index (κ1) is 19.8. The first-order chi connectivity index (χ1) is 13.5. The van der Waals surface area contributed by atoms with Crippen LogP contribution in [0.4, 0.5) is 10.1 Å². The number of anilines is 1. The molecule has 0 radical (unpaired) electrons. The molecule has 2 aromatic carbocycles. The molecular weight excluding hydrogens is 409 g/mol. The summed E-state index contributed by atoms with van der Waals surface area (Å²) in [6.07, 6.45) is 0. The van der Waals surface area contributed by atoms with Crippen molar-refractivity contribution in [3.8, 4) is 11.5 Å². The fourth-order valence-corrected chi connectivity index (χ4v) is 2.86. The van der Waals surface area contributed by atoms with E-state index < -0.39 is 17.7 Å². The Balaban J connectivity index is 1.59. The number of carbonyl (C=O) groups is 2. The Hall–Kier alpha value is -2.91. The topological polar surface area (TPSA) is 94.3 Å². The lowest BCUT2D eigenvalue weighted by molar-refractivity contribution is -0.113. The number of nitrogens with zero attached hydrogens (tertiary/aromatic N) is 2. The molecule has 1 aromatic heterocycles. The molecule has 10 heteroatoms. The quantitative estimate of drug-likeness (QED) is 0.474. The number of hydrogen-bond acceptors (Lipinski definition) is 7. The molecule has 1 amide bonds. The van der Waals surface area contributed by atoms with Gasteiger partial charge in [-0.15, -0.1) is 10.2 Å². The second-order valence-electron chi connectivity index (χ2n) is 5.40. The maximum Gasteiger partial charge on any atom is 0.340 e. The smallest absolute Gasteiger partial charge is 0.340 e. The molecule has 0 aliphatic heterocycles. The van der Waals surface area contributed by atoms with Gasteiger partial charge in [-0.3, -0.25) is 4.79 Å². The number of ether oxygens (including phenoxy) is 1. The van der Waals surface area contributed by atoms with Crippen molar-refractivity contribution >= 4 is 40.9 Å². The lowest BCUT2D eigenvalue weighted by atomic mass is 10.2. The Morgan fingerprint density at radius 1 is 1.21 bits per heavy atom. The van der Waals surface area contributed by atoms with Crippen molar-refractivity contribution in [3.05, 3.63) is 58.9 Å². The van der Waals surface area contributed by atoms with Crippen molar-refractivity contribution in [2.45, 2.75) is 5.22 Å². The number of thioether (sulfide) groups is 1. The number of benzene rings is 2. The Bertz CT molecular complexity index is 1010. The minimum Gasteiger partial charge on any atom is -0.465 e. The second-order valence-corrected chi connectivity index (χ2v) is 6.77. The van der Waals surface area contributed by atoms with E-state index >= 15 is 0 Å². The van der Waals surface area contributed by atoms with Gasteiger partial charge in [0.25, 0.3) is 5.22 Å². The highest BCUT2D eigenvalue weighted by molar-refractivity contribution is 7.99. The fraction of sp³-hybridized carbons (Fsp3) is 0.111. The number of aromatic nitrogens is 2. The standard InChI is InChI=1S/C18H13ClFN3O4S/c1-26-17(25)13-8-12(6-7-14(13)20)21-15(24)9-28-18-23-22-16(27-18)10-2-4-11(19)5-3-10/h2-8H,9H2,1H3,(H,21,24). The SMILES string of the molecule is COC(=O)c1cc(NC(=O)CSc2nnc(-c3ccc(Cl)cc3)o2)ccc1F. The zero-order chi connectivity index (χ0) is 20.1. The van der Waals surface area contributed by atoms with E-state index in [0.717, 1.165) is 24.9 Å². The van der Waals surface area contributed by atoms with Crippen molar-refractivity contribution in [1.29, 1.82) is 0 Å². The van der Waals surface area contributed by atoms with Crippen molar-refractivity contribution in [2.24, 2.45) is 0 Å². The number of carbonyl (C=O) groups excluding carboxylic acids is 2. The monoisotopic (exact) mass is 421 g/mol. The number of esters is 1. The van der Waals surface area contributed by atoms with Crippen LogP contribution < -0.4 is 5.32 Å². The molecule has 0 saturated carbocycles. The molecule has 28 heavy (non-hydrogen) atoms. The number of amides is 1. The molecule has 7 nitrogen and oxygen atoms in total. The lowest BCUT2D eigenvalue weighted by Crippen LogP contribution is -2.15. The molecule has 1 N–H and O–H groups in total. The van der Waals surface area contributed by atoms with Crippen LogP contribution >= 0.6 is 23.4 Å². The molecule has 0 spiro atoms. The number of rotatable bonds is 6. The van der Waals surface area contributed by atoms with E-state index in [1.165, 1.54) is 12.1 Å². The van der Waals surface area contributed by atoms with E-state index in [1.54, 1.807) is 24.3 Å². The number of halogens is 2. The Morgan fingerprint density at radius 2 is 1.96 bits per heavy atom. The van der Waals surface area contributed by atoms with Crippen LogP contribution in [0, 0.1) is 5.82 Å². The predicted octanol–water partition coefficient (Wildman–Crippen LogP) is 4.05. The highest BCUT2D eigenvalue weighted by Gasteiger charge is 2.15. The van der Waals surface area contributed by atoms with Gasteiger partial charge in [0, 0.05) is 16.3 Å². The van der Waals surface area contributed by atoms with Crippen LogP contribution in [0.1, 0.15) is 10.4 Å². The van der Waals surface area contributed by atoms with Crippen LogP contribution in [0.15, 0.2) is 52.1 Å². The number of nitrogens with one attached hydrogen (secondary N) is 1. The average Bonchev–Trinajstić information content (AvgIpc) is 3.17. The summed E-state index contributed by atoms with van der Waals surface area (Å²) in [5.41, 5.74) is 0.701. The molecule has 0 aliphatic carbocycles. The Morgan fingerprint density at radius 3 is 2.68 bits per heavy atom. The molecule has 0 unspecified atom stereocenters. The lowest BCUT2D eigenvalue weighted by Gasteiger charge is -2.07. The summed E-state index contributed by atoms with van der Waals surface area (Å²) in [5, 5.41) is 11.2. The van der Waals surface area contributed by atoms with Gasteiger partial charge in [0.2, 0.25) is 11.8 Å². The normalized spacial score (nSPS) is 10.5. The van der Waals surface area contributed by atoms with Crippen LogP contribution in [0.25, 0.3) is 11.5 Å². The van der Waals surface area contributed by atoms with Gasteiger partial charge in [-0.2, -0.15) is 0 Å². The van der Waals surface area contributed by atoms with E-state index in [9.17, 15) is 14.0 Å². The van der Waals surface area contributed by atoms with Gasteiger partial charge in [-0.05, 0) is 42.5 Å². The summed E-state index contributed by atoms with van der Waals surface area (Å²) in [4.78, 5) is 23.6. The first-order valence-corrected chi connectivity index (χ1v) is 9.22. The van der Waals surface area contributed by atoms with E-state index in [1.807, 2.05) is 0 Å². The summed E-state index contributed by atoms with van der Waals surface area (Å²) in [5.74, 6) is -1.67. The van der Waals surface area contributed by atoms with Crippen molar-refractivity contribution in [3.63, 3.8) is 0 Å². The molecule has 0 bridgehead atoms. The van der Waals surface area contributed by atoms with Crippen molar-refractivity contribution in [2.75, 3.05) is 18.2 Å². The third kappa shape index (κ3) is 4.87. The van der Waals surface area contributed by atoms with Crippen molar-refractivity contribution < 1.29 is 23.1 Å². The van der Waals surface area contributed by atoms with Crippen LogP contribution in [-0.2, 0) is 9.53 Å². The third-order valence-electron chi connectivity index (χ3n) is 3.48. The van der Waals surface area contributed by atoms with Crippen molar-refractivity contribution in [1.82, 2.24) is 10.2 Å². The number of hydrogen-bond donors (Lipinski definition) is 1.